The van der Waals surface area contributed by atoms with E-state index in [1.165, 1.54) is 4.88 Å². The van der Waals surface area contributed by atoms with Crippen LogP contribution in [0, 0.1) is 6.92 Å². The highest BCUT2D eigenvalue weighted by Gasteiger charge is 2.06. The van der Waals surface area contributed by atoms with Gasteiger partial charge in [-0.25, -0.2) is 9.78 Å². The number of nitrogens with zero attached hydrogens (tertiary/aromatic N) is 1. The molecule has 0 aliphatic heterocycles. The molecule has 0 fully saturated rings. The molecule has 0 saturated heterocycles. The number of carbonyl (C=O) groups excluding carboxylic acids is 1. The van der Waals surface area contributed by atoms with E-state index in [1.54, 1.807) is 30.4 Å². The summed E-state index contributed by atoms with van der Waals surface area (Å²) >= 11 is 1.66. The van der Waals surface area contributed by atoms with Crippen molar-refractivity contribution in [1.29, 1.82) is 0 Å². The van der Waals surface area contributed by atoms with Crippen LogP contribution in [0.25, 0.3) is 0 Å². The Hall–Kier alpha value is -1.88. The molecule has 0 spiro atoms. The second-order valence-electron chi connectivity index (χ2n) is 4.00. The lowest BCUT2D eigenvalue weighted by atomic mass is 10.2. The summed E-state index contributed by atoms with van der Waals surface area (Å²) in [7, 11) is 0. The fraction of sp³-hybridized carbons (Fsp3) is 0.286. The molecule has 2 aromatic rings. The van der Waals surface area contributed by atoms with Crippen LogP contribution in [0.5, 0.6) is 0 Å². The zero-order chi connectivity index (χ0) is 13.7. The maximum Gasteiger partial charge on any atom is 0.338 e. The van der Waals surface area contributed by atoms with Crippen LogP contribution in [0.3, 0.4) is 0 Å². The zero-order valence-electron chi connectivity index (χ0n) is 11.0. The Morgan fingerprint density at radius 1 is 1.47 bits per heavy atom. The molecule has 1 aromatic carbocycles. The van der Waals surface area contributed by atoms with Crippen molar-refractivity contribution in [2.75, 3.05) is 11.9 Å². The molecule has 0 unspecified atom stereocenters. The van der Waals surface area contributed by atoms with Gasteiger partial charge in [-0.05, 0) is 32.0 Å². The van der Waals surface area contributed by atoms with Gasteiger partial charge in [0, 0.05) is 16.8 Å². The van der Waals surface area contributed by atoms with Gasteiger partial charge in [-0.1, -0.05) is 6.07 Å². The largest absolute Gasteiger partial charge is 0.462 e. The summed E-state index contributed by atoms with van der Waals surface area (Å²) in [5, 5.41) is 4.33. The van der Waals surface area contributed by atoms with Crippen molar-refractivity contribution in [3.8, 4) is 0 Å². The van der Waals surface area contributed by atoms with Gasteiger partial charge in [0.1, 0.15) is 0 Å². The number of aryl methyl sites for hydroxylation is 1. The van der Waals surface area contributed by atoms with Gasteiger partial charge < -0.3 is 10.1 Å². The minimum Gasteiger partial charge on any atom is -0.462 e. The van der Waals surface area contributed by atoms with E-state index in [9.17, 15) is 4.79 Å². The minimum atomic E-state index is -0.292. The first kappa shape index (κ1) is 13.5. The van der Waals surface area contributed by atoms with E-state index in [2.05, 4.69) is 10.3 Å². The molecule has 4 nitrogen and oxygen atoms in total. The molecule has 19 heavy (non-hydrogen) atoms. The molecular weight excluding hydrogens is 260 g/mol. The van der Waals surface area contributed by atoms with Crippen molar-refractivity contribution in [2.24, 2.45) is 0 Å². The number of esters is 1. The number of hydrogen-bond acceptors (Lipinski definition) is 5. The molecule has 0 saturated carbocycles. The van der Waals surface area contributed by atoms with E-state index in [0.29, 0.717) is 18.7 Å². The summed E-state index contributed by atoms with van der Waals surface area (Å²) in [5.74, 6) is -0.292. The molecule has 0 aliphatic rings. The number of thiazole rings is 1. The second-order valence-corrected chi connectivity index (χ2v) is 5.32. The predicted molar refractivity (Wildman–Crippen MR) is 76.6 cm³/mol. The van der Waals surface area contributed by atoms with Crippen molar-refractivity contribution in [3.63, 3.8) is 0 Å². The lowest BCUT2D eigenvalue weighted by molar-refractivity contribution is 0.0526. The van der Waals surface area contributed by atoms with Crippen LogP contribution < -0.4 is 5.32 Å². The fourth-order valence-electron chi connectivity index (χ4n) is 1.65. The number of nitrogens with one attached hydrogen (secondary N) is 1. The molecular formula is C14H16N2O2S. The summed E-state index contributed by atoms with van der Waals surface area (Å²) in [5.41, 5.74) is 1.46. The average Bonchev–Trinajstić information content (AvgIpc) is 2.83. The Bertz CT molecular complexity index is 566. The molecule has 0 amide bonds. The monoisotopic (exact) mass is 276 g/mol. The Kier molecular flexibility index (Phi) is 4.52. The van der Waals surface area contributed by atoms with E-state index in [1.807, 2.05) is 25.3 Å². The number of benzene rings is 1. The fourth-order valence-corrected chi connectivity index (χ4v) is 2.38. The van der Waals surface area contributed by atoms with Crippen LogP contribution >= 0.6 is 11.3 Å². The number of rotatable bonds is 5. The normalized spacial score (nSPS) is 10.2. The van der Waals surface area contributed by atoms with Crippen molar-refractivity contribution < 1.29 is 9.53 Å². The summed E-state index contributed by atoms with van der Waals surface area (Å²) in [6, 6.07) is 7.31. The summed E-state index contributed by atoms with van der Waals surface area (Å²) in [4.78, 5) is 17.0. The van der Waals surface area contributed by atoms with E-state index >= 15 is 0 Å². The molecule has 0 aliphatic carbocycles. The highest BCUT2D eigenvalue weighted by Crippen LogP contribution is 2.16. The number of hydrogen-bond donors (Lipinski definition) is 1. The van der Waals surface area contributed by atoms with E-state index < -0.39 is 0 Å². The van der Waals surface area contributed by atoms with E-state index in [4.69, 9.17) is 4.74 Å². The number of ether oxygens (including phenoxy) is 1. The van der Waals surface area contributed by atoms with Crippen molar-refractivity contribution in [2.45, 2.75) is 20.4 Å². The van der Waals surface area contributed by atoms with Crippen LogP contribution in [0.2, 0.25) is 0 Å². The van der Waals surface area contributed by atoms with Gasteiger partial charge in [-0.15, -0.1) is 11.3 Å². The standard InChI is InChI=1S/C14H16N2O2S/c1-3-18-14(17)11-5-4-6-12(7-11)16-9-13-8-15-10(2)19-13/h4-8,16H,3,9H2,1-2H3. The number of anilines is 1. The summed E-state index contributed by atoms with van der Waals surface area (Å²) < 4.78 is 4.97. The van der Waals surface area contributed by atoms with Gasteiger partial charge in [0.05, 0.1) is 23.7 Å². The van der Waals surface area contributed by atoms with Gasteiger partial charge in [0.2, 0.25) is 0 Å². The highest BCUT2D eigenvalue weighted by molar-refractivity contribution is 7.11. The Balaban J connectivity index is 2.00. The third kappa shape index (κ3) is 3.79. The van der Waals surface area contributed by atoms with Gasteiger partial charge in [-0.3, -0.25) is 0 Å². The molecule has 2 rings (SSSR count). The van der Waals surface area contributed by atoms with Crippen LogP contribution in [0.15, 0.2) is 30.5 Å². The minimum absolute atomic E-state index is 0.292. The smallest absolute Gasteiger partial charge is 0.338 e. The maximum atomic E-state index is 11.6. The molecule has 5 heteroatoms. The van der Waals surface area contributed by atoms with Gasteiger partial charge in [0.15, 0.2) is 0 Å². The predicted octanol–water partition coefficient (Wildman–Crippen LogP) is 3.24. The second kappa shape index (κ2) is 6.33. The first-order valence-corrected chi connectivity index (χ1v) is 6.93. The summed E-state index contributed by atoms with van der Waals surface area (Å²) in [6.07, 6.45) is 1.86. The third-order valence-electron chi connectivity index (χ3n) is 2.51. The lowest BCUT2D eigenvalue weighted by Gasteiger charge is -2.07. The van der Waals surface area contributed by atoms with Gasteiger partial charge in [0.25, 0.3) is 0 Å². The van der Waals surface area contributed by atoms with Gasteiger partial charge in [-0.2, -0.15) is 0 Å². The van der Waals surface area contributed by atoms with Crippen LogP contribution in [-0.2, 0) is 11.3 Å². The molecule has 0 bridgehead atoms. The first-order chi connectivity index (χ1) is 9.19. The first-order valence-electron chi connectivity index (χ1n) is 6.11. The molecule has 1 heterocycles. The van der Waals surface area contributed by atoms with Crippen molar-refractivity contribution in [1.82, 2.24) is 4.98 Å². The molecule has 100 valence electrons. The number of carbonyl (C=O) groups is 1. The average molecular weight is 276 g/mol. The Labute approximate surface area is 116 Å². The quantitative estimate of drug-likeness (QED) is 0.852. The van der Waals surface area contributed by atoms with Crippen LogP contribution in [0.4, 0.5) is 5.69 Å². The van der Waals surface area contributed by atoms with Crippen molar-refractivity contribution >= 4 is 23.0 Å². The molecule has 1 N–H and O–H groups in total. The third-order valence-corrected chi connectivity index (χ3v) is 3.42. The number of aromatic nitrogens is 1. The molecule has 0 atom stereocenters. The maximum absolute atomic E-state index is 11.6. The molecule has 0 radical (unpaired) electrons. The topological polar surface area (TPSA) is 51.2 Å². The van der Waals surface area contributed by atoms with Crippen molar-refractivity contribution in [3.05, 3.63) is 45.9 Å². The highest BCUT2D eigenvalue weighted by atomic mass is 32.1. The molecule has 1 aromatic heterocycles. The Morgan fingerprint density at radius 3 is 3.00 bits per heavy atom. The summed E-state index contributed by atoms with van der Waals surface area (Å²) in [6.45, 7) is 4.87. The lowest BCUT2D eigenvalue weighted by Crippen LogP contribution is -2.05. The van der Waals surface area contributed by atoms with Crippen LogP contribution in [0.1, 0.15) is 27.2 Å². The van der Waals surface area contributed by atoms with E-state index in [-0.39, 0.29) is 5.97 Å². The van der Waals surface area contributed by atoms with E-state index in [0.717, 1.165) is 10.7 Å². The Morgan fingerprint density at radius 2 is 2.32 bits per heavy atom. The van der Waals surface area contributed by atoms with Gasteiger partial charge >= 0.3 is 5.97 Å². The van der Waals surface area contributed by atoms with Crippen LogP contribution in [-0.4, -0.2) is 17.6 Å². The SMILES string of the molecule is CCOC(=O)c1cccc(NCc2cnc(C)s2)c1. The zero-order valence-corrected chi connectivity index (χ0v) is 11.8.